The van der Waals surface area contributed by atoms with E-state index in [1.54, 1.807) is 0 Å². The van der Waals surface area contributed by atoms with Gasteiger partial charge in [0.1, 0.15) is 0 Å². The van der Waals surface area contributed by atoms with Crippen LogP contribution in [0.15, 0.2) is 0 Å². The minimum absolute atomic E-state index is 0.0940. The van der Waals surface area contributed by atoms with Gasteiger partial charge in [-0.15, -0.1) is 0 Å². The topological polar surface area (TPSA) is 78.4 Å². The molecule has 0 saturated carbocycles. The summed E-state index contributed by atoms with van der Waals surface area (Å²) in [5, 5.41) is 14.3. The average Bonchev–Trinajstić information content (AvgIpc) is 2.42. The molecule has 5 heteroatoms. The first-order chi connectivity index (χ1) is 10.1. The number of aliphatic carboxylic acids is 1. The summed E-state index contributed by atoms with van der Waals surface area (Å²) in [6.07, 6.45) is 9.65. The zero-order valence-electron chi connectivity index (χ0n) is 13.6. The summed E-state index contributed by atoms with van der Waals surface area (Å²) < 4.78 is 0. The van der Waals surface area contributed by atoms with E-state index >= 15 is 0 Å². The van der Waals surface area contributed by atoms with Gasteiger partial charge in [0, 0.05) is 19.0 Å². The second kappa shape index (κ2) is 13.7. The molecule has 0 aliphatic carbocycles. The van der Waals surface area contributed by atoms with Crippen LogP contribution in [0.5, 0.6) is 0 Å². The van der Waals surface area contributed by atoms with E-state index in [0.29, 0.717) is 6.54 Å². The van der Waals surface area contributed by atoms with E-state index in [1.807, 2.05) is 6.92 Å². The smallest absolute Gasteiger partial charge is 0.314 e. The van der Waals surface area contributed by atoms with Gasteiger partial charge in [0.2, 0.25) is 0 Å². The van der Waals surface area contributed by atoms with E-state index in [4.69, 9.17) is 5.11 Å². The maximum atomic E-state index is 11.6. The molecule has 0 fully saturated rings. The van der Waals surface area contributed by atoms with Gasteiger partial charge in [-0.1, -0.05) is 45.4 Å². The largest absolute Gasteiger partial charge is 0.481 e. The summed E-state index contributed by atoms with van der Waals surface area (Å²) in [5.74, 6) is -0.736. The van der Waals surface area contributed by atoms with E-state index in [1.165, 1.54) is 25.7 Å². The van der Waals surface area contributed by atoms with Crippen LogP contribution in [-0.2, 0) is 4.79 Å². The molecular formula is C16H32N2O3. The van der Waals surface area contributed by atoms with E-state index in [-0.39, 0.29) is 18.5 Å². The molecule has 21 heavy (non-hydrogen) atoms. The van der Waals surface area contributed by atoms with Crippen molar-refractivity contribution in [2.24, 2.45) is 0 Å². The molecule has 124 valence electrons. The SMILES string of the molecule is CCCCCCC(C)NC(=O)NCCCCCCC(=O)O. The van der Waals surface area contributed by atoms with Crippen LogP contribution in [0.3, 0.4) is 0 Å². The van der Waals surface area contributed by atoms with Gasteiger partial charge in [-0.2, -0.15) is 0 Å². The van der Waals surface area contributed by atoms with E-state index < -0.39 is 5.97 Å². The zero-order chi connectivity index (χ0) is 15.9. The lowest BCUT2D eigenvalue weighted by molar-refractivity contribution is -0.137. The molecule has 0 aromatic rings. The van der Waals surface area contributed by atoms with E-state index in [9.17, 15) is 9.59 Å². The van der Waals surface area contributed by atoms with Gasteiger partial charge in [-0.3, -0.25) is 4.79 Å². The minimum Gasteiger partial charge on any atom is -0.481 e. The van der Waals surface area contributed by atoms with Gasteiger partial charge in [-0.05, 0) is 26.2 Å². The number of urea groups is 1. The van der Waals surface area contributed by atoms with Crippen LogP contribution in [0, 0.1) is 0 Å². The lowest BCUT2D eigenvalue weighted by Crippen LogP contribution is -2.41. The minimum atomic E-state index is -0.736. The zero-order valence-corrected chi connectivity index (χ0v) is 13.6. The van der Waals surface area contributed by atoms with Crippen LogP contribution in [0.4, 0.5) is 4.79 Å². The molecule has 1 unspecified atom stereocenters. The van der Waals surface area contributed by atoms with Crippen molar-refractivity contribution in [3.63, 3.8) is 0 Å². The Morgan fingerprint density at radius 1 is 1.00 bits per heavy atom. The van der Waals surface area contributed by atoms with Gasteiger partial charge in [-0.25, -0.2) is 4.79 Å². The molecule has 0 bridgehead atoms. The Hall–Kier alpha value is -1.26. The number of carbonyl (C=O) groups is 2. The van der Waals surface area contributed by atoms with Crippen LogP contribution < -0.4 is 10.6 Å². The second-order valence-corrected chi connectivity index (χ2v) is 5.71. The van der Waals surface area contributed by atoms with Crippen LogP contribution >= 0.6 is 0 Å². The molecule has 0 aromatic heterocycles. The summed E-state index contributed by atoms with van der Waals surface area (Å²) in [4.78, 5) is 21.9. The lowest BCUT2D eigenvalue weighted by atomic mass is 10.1. The number of carbonyl (C=O) groups excluding carboxylic acids is 1. The summed E-state index contributed by atoms with van der Waals surface area (Å²) in [7, 11) is 0. The Bertz CT molecular complexity index is 283. The standard InChI is InChI=1S/C16H32N2O3/c1-3-4-5-8-11-14(2)18-16(21)17-13-10-7-6-9-12-15(19)20/h14H,3-13H2,1-2H3,(H,19,20)(H2,17,18,21). The molecule has 2 amide bonds. The van der Waals surface area contributed by atoms with Crippen molar-refractivity contribution in [3.8, 4) is 0 Å². The van der Waals surface area contributed by atoms with Crippen LogP contribution in [0.25, 0.3) is 0 Å². The monoisotopic (exact) mass is 300 g/mol. The number of nitrogens with one attached hydrogen (secondary N) is 2. The van der Waals surface area contributed by atoms with Crippen molar-refractivity contribution in [1.29, 1.82) is 0 Å². The molecule has 0 rings (SSSR count). The Balaban J connectivity index is 3.38. The quantitative estimate of drug-likeness (QED) is 0.454. The van der Waals surface area contributed by atoms with Crippen molar-refractivity contribution in [2.75, 3.05) is 6.54 Å². The molecule has 0 spiro atoms. The van der Waals surface area contributed by atoms with Crippen LogP contribution in [0.2, 0.25) is 0 Å². The summed E-state index contributed by atoms with van der Waals surface area (Å²) >= 11 is 0. The molecule has 0 aliphatic rings. The lowest BCUT2D eigenvalue weighted by Gasteiger charge is -2.14. The van der Waals surface area contributed by atoms with Crippen molar-refractivity contribution in [2.45, 2.75) is 84.1 Å². The number of rotatable bonds is 13. The normalized spacial score (nSPS) is 11.9. The van der Waals surface area contributed by atoms with Crippen molar-refractivity contribution in [1.82, 2.24) is 10.6 Å². The average molecular weight is 300 g/mol. The second-order valence-electron chi connectivity index (χ2n) is 5.71. The Labute approximate surface area is 128 Å². The Morgan fingerprint density at radius 3 is 2.33 bits per heavy atom. The van der Waals surface area contributed by atoms with Gasteiger partial charge in [0.25, 0.3) is 0 Å². The highest BCUT2D eigenvalue weighted by Crippen LogP contribution is 2.05. The molecule has 3 N–H and O–H groups in total. The molecule has 1 atom stereocenters. The van der Waals surface area contributed by atoms with Crippen LogP contribution in [-0.4, -0.2) is 29.7 Å². The number of hydrogen-bond acceptors (Lipinski definition) is 2. The highest BCUT2D eigenvalue weighted by atomic mass is 16.4. The molecule has 0 heterocycles. The van der Waals surface area contributed by atoms with Crippen molar-refractivity contribution in [3.05, 3.63) is 0 Å². The fraction of sp³-hybridized carbons (Fsp3) is 0.875. The van der Waals surface area contributed by atoms with Gasteiger partial charge in [0.15, 0.2) is 0 Å². The molecular weight excluding hydrogens is 268 g/mol. The first-order valence-electron chi connectivity index (χ1n) is 8.32. The Kier molecular flexibility index (Phi) is 12.9. The summed E-state index contributed by atoms with van der Waals surface area (Å²) in [6, 6.07) is 0.126. The number of carboxylic acids is 1. The highest BCUT2D eigenvalue weighted by molar-refractivity contribution is 5.74. The first-order valence-corrected chi connectivity index (χ1v) is 8.32. The van der Waals surface area contributed by atoms with E-state index in [2.05, 4.69) is 17.6 Å². The van der Waals surface area contributed by atoms with Crippen molar-refractivity contribution >= 4 is 12.0 Å². The molecule has 0 radical (unpaired) electrons. The number of unbranched alkanes of at least 4 members (excludes halogenated alkanes) is 6. The summed E-state index contributed by atoms with van der Waals surface area (Å²) in [5.41, 5.74) is 0. The predicted octanol–water partition coefficient (Wildman–Crippen LogP) is 3.68. The fourth-order valence-corrected chi connectivity index (χ4v) is 2.18. The first kappa shape index (κ1) is 19.7. The van der Waals surface area contributed by atoms with Gasteiger partial charge < -0.3 is 15.7 Å². The van der Waals surface area contributed by atoms with Crippen molar-refractivity contribution < 1.29 is 14.7 Å². The molecule has 0 saturated heterocycles. The predicted molar refractivity (Wildman–Crippen MR) is 85.5 cm³/mol. The maximum Gasteiger partial charge on any atom is 0.314 e. The van der Waals surface area contributed by atoms with Gasteiger partial charge >= 0.3 is 12.0 Å². The third-order valence-corrected chi connectivity index (χ3v) is 3.47. The maximum absolute atomic E-state index is 11.6. The molecule has 0 aliphatic heterocycles. The number of carboxylic acid groups (broad SMARTS) is 1. The number of amides is 2. The van der Waals surface area contributed by atoms with Crippen LogP contribution in [0.1, 0.15) is 78.1 Å². The van der Waals surface area contributed by atoms with Gasteiger partial charge in [0.05, 0.1) is 0 Å². The third-order valence-electron chi connectivity index (χ3n) is 3.47. The third kappa shape index (κ3) is 15.0. The Morgan fingerprint density at radius 2 is 1.67 bits per heavy atom. The fourth-order valence-electron chi connectivity index (χ4n) is 2.18. The summed E-state index contributed by atoms with van der Waals surface area (Å²) in [6.45, 7) is 4.88. The van der Waals surface area contributed by atoms with E-state index in [0.717, 1.165) is 32.1 Å². The molecule has 5 nitrogen and oxygen atoms in total. The highest BCUT2D eigenvalue weighted by Gasteiger charge is 2.06. The number of hydrogen-bond donors (Lipinski definition) is 3. The molecule has 0 aromatic carbocycles.